The molecule has 0 aromatic heterocycles. The molecular formula is C15H22N2O4. The topological polar surface area (TPSA) is 74.0 Å². The highest BCUT2D eigenvalue weighted by Gasteiger charge is 2.34. The first-order valence-corrected chi connectivity index (χ1v) is 6.92. The molecule has 1 aliphatic rings. The predicted molar refractivity (Wildman–Crippen MR) is 78.4 cm³/mol. The summed E-state index contributed by atoms with van der Waals surface area (Å²) in [6, 6.07) is 5.22. The summed E-state index contributed by atoms with van der Waals surface area (Å²) in [6.07, 6.45) is -0.208. The Labute approximate surface area is 124 Å². The number of carbonyl (C=O) groups excluding carboxylic acids is 1. The van der Waals surface area contributed by atoms with Crippen molar-refractivity contribution in [3.05, 3.63) is 23.8 Å². The maximum absolute atomic E-state index is 11.7. The Hall–Kier alpha value is -1.79. The van der Waals surface area contributed by atoms with Crippen LogP contribution in [0.5, 0.6) is 11.5 Å². The van der Waals surface area contributed by atoms with E-state index in [4.69, 9.17) is 19.9 Å². The number of ether oxygens (including phenoxy) is 3. The Morgan fingerprint density at radius 1 is 1.43 bits per heavy atom. The summed E-state index contributed by atoms with van der Waals surface area (Å²) in [5.41, 5.74) is 6.49. The molecule has 2 rings (SSSR count). The number of primary amides is 1. The highest BCUT2D eigenvalue weighted by molar-refractivity contribution is 5.80. The zero-order valence-electron chi connectivity index (χ0n) is 12.7. The summed E-state index contributed by atoms with van der Waals surface area (Å²) in [6.45, 7) is 3.69. The van der Waals surface area contributed by atoms with Crippen molar-refractivity contribution in [3.8, 4) is 11.5 Å². The molecule has 0 unspecified atom stereocenters. The summed E-state index contributed by atoms with van der Waals surface area (Å²) in [4.78, 5) is 13.7. The molecule has 2 atom stereocenters. The van der Waals surface area contributed by atoms with Gasteiger partial charge in [-0.3, -0.25) is 9.69 Å². The van der Waals surface area contributed by atoms with Crippen LogP contribution < -0.4 is 15.2 Å². The average Bonchev–Trinajstić information content (AvgIpc) is 2.47. The van der Waals surface area contributed by atoms with Gasteiger partial charge < -0.3 is 19.9 Å². The van der Waals surface area contributed by atoms with Gasteiger partial charge in [0.2, 0.25) is 5.91 Å². The molecule has 1 amide bonds. The van der Waals surface area contributed by atoms with E-state index in [1.165, 1.54) is 0 Å². The highest BCUT2D eigenvalue weighted by Crippen LogP contribution is 2.27. The van der Waals surface area contributed by atoms with Crippen LogP contribution in [-0.2, 0) is 16.1 Å². The molecule has 1 aromatic rings. The van der Waals surface area contributed by atoms with Gasteiger partial charge in [-0.1, -0.05) is 6.07 Å². The van der Waals surface area contributed by atoms with Gasteiger partial charge in [0, 0.05) is 24.7 Å². The van der Waals surface area contributed by atoms with Crippen LogP contribution in [0.2, 0.25) is 0 Å². The zero-order valence-corrected chi connectivity index (χ0v) is 12.7. The monoisotopic (exact) mass is 294 g/mol. The maximum Gasteiger partial charge on any atom is 0.237 e. The van der Waals surface area contributed by atoms with Crippen LogP contribution in [0.3, 0.4) is 0 Å². The quantitative estimate of drug-likeness (QED) is 0.868. The molecule has 2 N–H and O–H groups in total. The predicted octanol–water partition coefficient (Wildman–Crippen LogP) is 0.778. The molecule has 21 heavy (non-hydrogen) atoms. The van der Waals surface area contributed by atoms with Crippen molar-refractivity contribution in [1.82, 2.24) is 4.90 Å². The Bertz CT molecular complexity index is 506. The average molecular weight is 294 g/mol. The number of hydrogen-bond donors (Lipinski definition) is 1. The lowest BCUT2D eigenvalue weighted by Gasteiger charge is -2.38. The van der Waals surface area contributed by atoms with E-state index in [-0.39, 0.29) is 12.0 Å². The second-order valence-electron chi connectivity index (χ2n) is 5.07. The molecule has 0 bridgehead atoms. The molecule has 0 radical (unpaired) electrons. The van der Waals surface area contributed by atoms with Crippen molar-refractivity contribution in [2.45, 2.75) is 25.6 Å². The van der Waals surface area contributed by atoms with Crippen molar-refractivity contribution in [3.63, 3.8) is 0 Å². The smallest absolute Gasteiger partial charge is 0.237 e. The minimum Gasteiger partial charge on any atom is -0.497 e. The number of nitrogens with zero attached hydrogens (tertiary/aromatic N) is 1. The van der Waals surface area contributed by atoms with Gasteiger partial charge in [0.05, 0.1) is 26.9 Å². The largest absolute Gasteiger partial charge is 0.497 e. The van der Waals surface area contributed by atoms with Gasteiger partial charge in [-0.25, -0.2) is 0 Å². The number of nitrogens with two attached hydrogens (primary N) is 1. The lowest BCUT2D eigenvalue weighted by atomic mass is 10.1. The Balaban J connectivity index is 2.21. The van der Waals surface area contributed by atoms with Gasteiger partial charge in [-0.15, -0.1) is 0 Å². The lowest BCUT2D eigenvalue weighted by molar-refractivity contribution is -0.136. The fourth-order valence-corrected chi connectivity index (χ4v) is 2.67. The zero-order chi connectivity index (χ0) is 15.4. The van der Waals surface area contributed by atoms with Crippen molar-refractivity contribution < 1.29 is 19.0 Å². The van der Waals surface area contributed by atoms with Crippen LogP contribution in [0.4, 0.5) is 0 Å². The van der Waals surface area contributed by atoms with Crippen LogP contribution in [0.1, 0.15) is 12.5 Å². The third-order valence-corrected chi connectivity index (χ3v) is 3.76. The van der Waals surface area contributed by atoms with Crippen molar-refractivity contribution in [2.75, 3.05) is 27.4 Å². The molecule has 1 aromatic carbocycles. The van der Waals surface area contributed by atoms with Gasteiger partial charge in [-0.2, -0.15) is 0 Å². The van der Waals surface area contributed by atoms with Crippen LogP contribution in [0, 0.1) is 0 Å². The van der Waals surface area contributed by atoms with Gasteiger partial charge in [0.1, 0.15) is 17.5 Å². The van der Waals surface area contributed by atoms with Crippen molar-refractivity contribution >= 4 is 5.91 Å². The molecule has 1 fully saturated rings. The molecule has 6 nitrogen and oxygen atoms in total. The summed E-state index contributed by atoms with van der Waals surface area (Å²) >= 11 is 0. The summed E-state index contributed by atoms with van der Waals surface area (Å²) in [5, 5.41) is 0. The first-order chi connectivity index (χ1) is 10.1. The third kappa shape index (κ3) is 3.46. The Morgan fingerprint density at radius 2 is 2.19 bits per heavy atom. The molecule has 0 aliphatic carbocycles. The normalized spacial score (nSPS) is 22.8. The standard InChI is InChI=1S/C15H22N2O4/c1-10-14(15(16)18)17(6-7-21-10)9-11-4-5-12(19-2)8-13(11)20-3/h4-5,8,10,14H,6-7,9H2,1-3H3,(H2,16,18)/t10-,14+/m1/s1. The van der Waals surface area contributed by atoms with Crippen molar-refractivity contribution in [2.24, 2.45) is 5.73 Å². The molecule has 116 valence electrons. The lowest BCUT2D eigenvalue weighted by Crippen LogP contribution is -2.56. The second-order valence-corrected chi connectivity index (χ2v) is 5.07. The van der Waals surface area contributed by atoms with E-state index < -0.39 is 6.04 Å². The van der Waals surface area contributed by atoms with E-state index in [9.17, 15) is 4.79 Å². The first kappa shape index (κ1) is 15.6. The molecular weight excluding hydrogens is 272 g/mol. The van der Waals surface area contributed by atoms with E-state index in [0.717, 1.165) is 17.1 Å². The number of methoxy groups -OCH3 is 2. The van der Waals surface area contributed by atoms with Crippen LogP contribution in [0.25, 0.3) is 0 Å². The minimum atomic E-state index is -0.425. The number of rotatable bonds is 5. The second kappa shape index (κ2) is 6.78. The highest BCUT2D eigenvalue weighted by atomic mass is 16.5. The molecule has 0 saturated carbocycles. The number of hydrogen-bond acceptors (Lipinski definition) is 5. The van der Waals surface area contributed by atoms with Gasteiger partial charge in [0.15, 0.2) is 0 Å². The first-order valence-electron chi connectivity index (χ1n) is 6.92. The molecule has 1 aliphatic heterocycles. The SMILES string of the molecule is COc1ccc(CN2CCO[C@H](C)[C@H]2C(N)=O)c(OC)c1. The minimum absolute atomic E-state index is 0.208. The molecule has 1 heterocycles. The number of amides is 1. The van der Waals surface area contributed by atoms with Crippen LogP contribution in [-0.4, -0.2) is 50.3 Å². The van der Waals surface area contributed by atoms with E-state index in [1.54, 1.807) is 14.2 Å². The van der Waals surface area contributed by atoms with E-state index >= 15 is 0 Å². The van der Waals surface area contributed by atoms with Crippen molar-refractivity contribution in [1.29, 1.82) is 0 Å². The number of benzene rings is 1. The van der Waals surface area contributed by atoms with Gasteiger partial charge in [-0.05, 0) is 13.0 Å². The van der Waals surface area contributed by atoms with Crippen LogP contribution >= 0.6 is 0 Å². The fraction of sp³-hybridized carbons (Fsp3) is 0.533. The third-order valence-electron chi connectivity index (χ3n) is 3.76. The molecule has 1 saturated heterocycles. The number of carbonyl (C=O) groups is 1. The summed E-state index contributed by atoms with van der Waals surface area (Å²) < 4.78 is 16.1. The Kier molecular flexibility index (Phi) is 5.03. The Morgan fingerprint density at radius 3 is 2.81 bits per heavy atom. The molecule has 6 heteroatoms. The maximum atomic E-state index is 11.7. The fourth-order valence-electron chi connectivity index (χ4n) is 2.67. The van der Waals surface area contributed by atoms with Crippen LogP contribution in [0.15, 0.2) is 18.2 Å². The summed E-state index contributed by atoms with van der Waals surface area (Å²) in [5.74, 6) is 1.10. The van der Waals surface area contributed by atoms with E-state index in [1.807, 2.05) is 30.0 Å². The van der Waals surface area contributed by atoms with E-state index in [0.29, 0.717) is 19.7 Å². The van der Waals surface area contributed by atoms with E-state index in [2.05, 4.69) is 0 Å². The number of morpholine rings is 1. The van der Waals surface area contributed by atoms with Gasteiger partial charge in [0.25, 0.3) is 0 Å². The summed E-state index contributed by atoms with van der Waals surface area (Å²) in [7, 11) is 3.23. The van der Waals surface area contributed by atoms with Gasteiger partial charge >= 0.3 is 0 Å². The molecule has 0 spiro atoms.